The number of amides is 1. The minimum Gasteiger partial charge on any atom is -0.465 e. The van der Waals surface area contributed by atoms with E-state index in [0.717, 1.165) is 24.0 Å². The molecule has 1 aliphatic heterocycles. The van der Waals surface area contributed by atoms with E-state index in [-0.39, 0.29) is 41.6 Å². The number of carboxylic acid groups (broad SMARTS) is 1. The lowest BCUT2D eigenvalue weighted by Crippen LogP contribution is -2.59. The van der Waals surface area contributed by atoms with Crippen molar-refractivity contribution in [2.45, 2.75) is 51.4 Å². The van der Waals surface area contributed by atoms with E-state index >= 15 is 0 Å². The van der Waals surface area contributed by atoms with Crippen LogP contribution in [0.15, 0.2) is 54.9 Å². The molecular formula is C30H34ClF2N7O2. The van der Waals surface area contributed by atoms with Gasteiger partial charge in [-0.2, -0.15) is 9.97 Å². The summed E-state index contributed by atoms with van der Waals surface area (Å²) < 4.78 is 29.6. The van der Waals surface area contributed by atoms with Gasteiger partial charge in [-0.15, -0.1) is 0 Å². The summed E-state index contributed by atoms with van der Waals surface area (Å²) in [5.41, 5.74) is 3.02. The Morgan fingerprint density at radius 2 is 1.60 bits per heavy atom. The minimum atomic E-state index is -1.01. The summed E-state index contributed by atoms with van der Waals surface area (Å²) in [6.45, 7) is 6.18. The smallest absolute Gasteiger partial charge is 0.407 e. The standard InChI is InChI=1S/C30H34ClF2N7O2/c1-4-23-17-40(28-25-27(35-29(31)36-28)38(18-34-25)15-14-37(3)30(41)42)24(5-2)16-39(23)26(19-6-10-21(32)11-7-19)20-8-12-22(33)13-9-20/h6-13,18,23-24,26H,4-5,14-17H2,1-3H3,(H,41,42)/t23-,24+/m1/s1. The number of nitrogens with zero attached hydrogens (tertiary/aromatic N) is 7. The molecule has 4 aromatic rings. The van der Waals surface area contributed by atoms with Crippen LogP contribution in [0, 0.1) is 11.6 Å². The van der Waals surface area contributed by atoms with Crippen molar-refractivity contribution in [1.82, 2.24) is 29.3 Å². The highest BCUT2D eigenvalue weighted by atomic mass is 35.5. The van der Waals surface area contributed by atoms with Gasteiger partial charge in [-0.3, -0.25) is 4.90 Å². The van der Waals surface area contributed by atoms with E-state index in [4.69, 9.17) is 11.6 Å². The van der Waals surface area contributed by atoms with E-state index in [1.54, 1.807) is 35.2 Å². The number of hydrogen-bond donors (Lipinski definition) is 1. The molecular weight excluding hydrogens is 564 g/mol. The topological polar surface area (TPSA) is 90.6 Å². The molecule has 2 aromatic heterocycles. The van der Waals surface area contributed by atoms with Gasteiger partial charge in [0.15, 0.2) is 17.0 Å². The van der Waals surface area contributed by atoms with Gasteiger partial charge in [-0.1, -0.05) is 38.1 Å². The number of piperazine rings is 1. The number of hydrogen-bond acceptors (Lipinski definition) is 6. The Morgan fingerprint density at radius 1 is 1.00 bits per heavy atom. The number of likely N-dealkylation sites (N-methyl/N-ethyl adjacent to an activating group) is 1. The first kappa shape index (κ1) is 29.7. The predicted molar refractivity (Wildman–Crippen MR) is 158 cm³/mol. The second kappa shape index (κ2) is 12.6. The number of aromatic nitrogens is 4. The van der Waals surface area contributed by atoms with Gasteiger partial charge in [0, 0.05) is 45.3 Å². The predicted octanol–water partition coefficient (Wildman–Crippen LogP) is 5.84. The molecule has 9 nitrogen and oxygen atoms in total. The summed E-state index contributed by atoms with van der Waals surface area (Å²) in [7, 11) is 1.51. The monoisotopic (exact) mass is 597 g/mol. The number of anilines is 1. The molecule has 0 spiro atoms. The summed E-state index contributed by atoms with van der Waals surface area (Å²) in [5, 5.41) is 9.32. The number of fused-ring (bicyclic) bond motifs is 1. The van der Waals surface area contributed by atoms with Crippen molar-refractivity contribution >= 4 is 34.7 Å². The van der Waals surface area contributed by atoms with Gasteiger partial charge >= 0.3 is 6.09 Å². The SMILES string of the molecule is CC[C@H]1CN(C(c2ccc(F)cc2)c2ccc(F)cc2)[C@H](CC)CN1c1nc(Cl)nc2c1ncn2CCN(C)C(=O)O. The molecule has 2 aromatic carbocycles. The van der Waals surface area contributed by atoms with Crippen molar-refractivity contribution in [1.29, 1.82) is 0 Å². The van der Waals surface area contributed by atoms with Crippen LogP contribution in [0.5, 0.6) is 0 Å². The van der Waals surface area contributed by atoms with Gasteiger partial charge < -0.3 is 19.5 Å². The molecule has 0 unspecified atom stereocenters. The lowest BCUT2D eigenvalue weighted by atomic mass is 9.91. The van der Waals surface area contributed by atoms with Gasteiger partial charge in [0.25, 0.3) is 0 Å². The maximum Gasteiger partial charge on any atom is 0.407 e. The highest BCUT2D eigenvalue weighted by Gasteiger charge is 2.38. The average Bonchev–Trinajstić information content (AvgIpc) is 3.39. The number of halogens is 3. The van der Waals surface area contributed by atoms with Crippen molar-refractivity contribution in [2.24, 2.45) is 0 Å². The van der Waals surface area contributed by atoms with Crippen LogP contribution in [0.3, 0.4) is 0 Å². The average molecular weight is 598 g/mol. The first-order valence-electron chi connectivity index (χ1n) is 14.1. The zero-order valence-corrected chi connectivity index (χ0v) is 24.5. The molecule has 12 heteroatoms. The number of rotatable bonds is 9. The van der Waals surface area contributed by atoms with Crippen molar-refractivity contribution in [3.8, 4) is 0 Å². The largest absolute Gasteiger partial charge is 0.465 e. The van der Waals surface area contributed by atoms with Crippen LogP contribution >= 0.6 is 11.6 Å². The van der Waals surface area contributed by atoms with E-state index in [0.29, 0.717) is 36.6 Å². The van der Waals surface area contributed by atoms with E-state index in [1.807, 2.05) is 0 Å². The third kappa shape index (κ3) is 6.03. The van der Waals surface area contributed by atoms with Crippen molar-refractivity contribution in [2.75, 3.05) is 31.6 Å². The zero-order chi connectivity index (χ0) is 30.0. The Morgan fingerprint density at radius 3 is 2.14 bits per heavy atom. The third-order valence-electron chi connectivity index (χ3n) is 8.08. The first-order chi connectivity index (χ1) is 20.2. The van der Waals surface area contributed by atoms with E-state index in [1.165, 1.54) is 36.2 Å². The molecule has 1 saturated heterocycles. The Bertz CT molecular complexity index is 1490. The van der Waals surface area contributed by atoms with E-state index in [2.05, 4.69) is 38.6 Å². The lowest BCUT2D eigenvalue weighted by molar-refractivity contribution is 0.110. The third-order valence-corrected chi connectivity index (χ3v) is 8.25. The molecule has 222 valence electrons. The van der Waals surface area contributed by atoms with Crippen LogP contribution in [-0.2, 0) is 6.54 Å². The van der Waals surface area contributed by atoms with Gasteiger partial charge in [-0.25, -0.2) is 18.6 Å². The highest BCUT2D eigenvalue weighted by molar-refractivity contribution is 6.28. The number of carbonyl (C=O) groups is 1. The fraction of sp³-hybridized carbons (Fsp3) is 0.400. The summed E-state index contributed by atoms with van der Waals surface area (Å²) in [6.07, 6.45) is 2.26. The molecule has 42 heavy (non-hydrogen) atoms. The van der Waals surface area contributed by atoms with Crippen molar-refractivity contribution in [3.63, 3.8) is 0 Å². The van der Waals surface area contributed by atoms with Crippen molar-refractivity contribution < 1.29 is 18.7 Å². The molecule has 1 aliphatic rings. The number of benzene rings is 2. The highest BCUT2D eigenvalue weighted by Crippen LogP contribution is 2.37. The summed E-state index contributed by atoms with van der Waals surface area (Å²) in [6, 6.07) is 12.9. The van der Waals surface area contributed by atoms with Gasteiger partial charge in [0.2, 0.25) is 5.28 Å². The van der Waals surface area contributed by atoms with E-state index in [9.17, 15) is 18.7 Å². The molecule has 1 N–H and O–H groups in total. The van der Waals surface area contributed by atoms with Gasteiger partial charge in [0.1, 0.15) is 11.6 Å². The molecule has 0 radical (unpaired) electrons. The molecule has 1 fully saturated rings. The molecule has 3 heterocycles. The quantitative estimate of drug-likeness (QED) is 0.243. The van der Waals surface area contributed by atoms with Crippen LogP contribution < -0.4 is 4.90 Å². The Hall–Kier alpha value is -3.83. The summed E-state index contributed by atoms with van der Waals surface area (Å²) >= 11 is 6.44. The Balaban J connectivity index is 1.51. The normalized spacial score (nSPS) is 17.7. The molecule has 2 atom stereocenters. The van der Waals surface area contributed by atoms with Crippen LogP contribution in [0.1, 0.15) is 43.9 Å². The van der Waals surface area contributed by atoms with Crippen molar-refractivity contribution in [3.05, 3.63) is 82.9 Å². The van der Waals surface area contributed by atoms with Crippen LogP contribution in [0.4, 0.5) is 19.4 Å². The molecule has 0 bridgehead atoms. The fourth-order valence-electron chi connectivity index (χ4n) is 5.75. The number of imidazole rings is 1. The Kier molecular flexibility index (Phi) is 8.88. The second-order valence-corrected chi connectivity index (χ2v) is 10.9. The Labute approximate surface area is 248 Å². The maximum atomic E-state index is 13.9. The molecule has 0 aliphatic carbocycles. The molecule has 1 amide bonds. The fourth-order valence-corrected chi connectivity index (χ4v) is 5.91. The maximum absolute atomic E-state index is 13.9. The first-order valence-corrected chi connectivity index (χ1v) is 14.4. The molecule has 0 saturated carbocycles. The van der Waals surface area contributed by atoms with E-state index < -0.39 is 6.09 Å². The lowest BCUT2D eigenvalue weighted by Gasteiger charge is -2.49. The molecule has 5 rings (SSSR count). The second-order valence-electron chi connectivity index (χ2n) is 10.6. The van der Waals surface area contributed by atoms with Crippen LogP contribution in [-0.4, -0.2) is 79.3 Å². The van der Waals surface area contributed by atoms with Crippen LogP contribution in [0.2, 0.25) is 5.28 Å². The summed E-state index contributed by atoms with van der Waals surface area (Å²) in [4.78, 5) is 30.8. The van der Waals surface area contributed by atoms with Crippen LogP contribution in [0.25, 0.3) is 11.2 Å². The van der Waals surface area contributed by atoms with Gasteiger partial charge in [-0.05, 0) is 59.8 Å². The van der Waals surface area contributed by atoms with Gasteiger partial charge in [0.05, 0.1) is 12.4 Å². The minimum absolute atomic E-state index is 0.0358. The summed E-state index contributed by atoms with van der Waals surface area (Å²) in [5.74, 6) is 0.0256. The zero-order valence-electron chi connectivity index (χ0n) is 23.8.